The Hall–Kier alpha value is -2.70. The predicted octanol–water partition coefficient (Wildman–Crippen LogP) is 7.88. The number of hydrogen-bond donors (Lipinski definition) is 0. The lowest BCUT2D eigenvalue weighted by atomic mass is 10.1. The maximum atomic E-state index is 6.41. The number of hydrogen-bond acceptors (Lipinski definition) is 3. The first kappa shape index (κ1) is 20.2. The summed E-state index contributed by atoms with van der Waals surface area (Å²) in [5.41, 5.74) is 3.29. The topological polar surface area (TPSA) is 18.5 Å². The highest BCUT2D eigenvalue weighted by atomic mass is 127. The molecular weight excluding hydrogens is 515 g/mol. The normalized spacial score (nSPS) is 12.8. The Labute approximate surface area is 200 Å². The molecule has 4 heteroatoms. The van der Waals surface area contributed by atoms with Crippen LogP contribution in [0.25, 0.3) is 10.7 Å². The molecule has 2 nitrogen and oxygen atoms in total. The van der Waals surface area contributed by atoms with E-state index >= 15 is 0 Å². The van der Waals surface area contributed by atoms with E-state index in [9.17, 15) is 0 Å². The molecule has 0 N–H and O–H groups in total. The Kier molecular flexibility index (Phi) is 6.00. The fourth-order valence-corrected chi connectivity index (χ4v) is 4.81. The molecule has 1 heterocycles. The summed E-state index contributed by atoms with van der Waals surface area (Å²) in [6.07, 6.45) is 0. The van der Waals surface area contributed by atoms with Crippen LogP contribution >= 0.6 is 34.4 Å². The van der Waals surface area contributed by atoms with Crippen molar-refractivity contribution in [2.75, 3.05) is 0 Å². The molecule has 0 amide bonds. The van der Waals surface area contributed by atoms with Crippen molar-refractivity contribution in [3.63, 3.8) is 0 Å². The summed E-state index contributed by atoms with van der Waals surface area (Å²) in [6, 6.07) is 35.1. The standard InChI is InChI=1S/C27H19IO2S/c28-22-15-13-20(14-16-22)26-27(31-25-12-5-4-11-24(25)30-26)21-9-6-10-23(17-21)29-18-19-7-2-1-3-8-19/h1-17H,18H2. The largest absolute Gasteiger partial charge is 0.489 e. The van der Waals surface area contributed by atoms with E-state index in [0.717, 1.165) is 43.7 Å². The second-order valence-electron chi connectivity index (χ2n) is 7.12. The molecule has 4 aromatic rings. The zero-order valence-electron chi connectivity index (χ0n) is 16.6. The van der Waals surface area contributed by atoms with Crippen molar-refractivity contribution in [2.24, 2.45) is 0 Å². The van der Waals surface area contributed by atoms with Crippen LogP contribution in [-0.4, -0.2) is 0 Å². The molecule has 1 aliphatic heterocycles. The lowest BCUT2D eigenvalue weighted by molar-refractivity contribution is 0.306. The Balaban J connectivity index is 1.51. The smallest absolute Gasteiger partial charge is 0.149 e. The van der Waals surface area contributed by atoms with Gasteiger partial charge in [-0.05, 0) is 70.1 Å². The van der Waals surface area contributed by atoms with Crippen LogP contribution in [0.2, 0.25) is 0 Å². The predicted molar refractivity (Wildman–Crippen MR) is 136 cm³/mol. The van der Waals surface area contributed by atoms with E-state index in [1.807, 2.05) is 48.5 Å². The average molecular weight is 534 g/mol. The number of benzene rings is 4. The third-order valence-electron chi connectivity index (χ3n) is 4.93. The van der Waals surface area contributed by atoms with E-state index in [4.69, 9.17) is 9.47 Å². The van der Waals surface area contributed by atoms with E-state index in [0.29, 0.717) is 6.61 Å². The summed E-state index contributed by atoms with van der Waals surface area (Å²) in [4.78, 5) is 2.20. The van der Waals surface area contributed by atoms with Gasteiger partial charge >= 0.3 is 0 Å². The third kappa shape index (κ3) is 4.65. The molecule has 0 radical (unpaired) electrons. The van der Waals surface area contributed by atoms with E-state index < -0.39 is 0 Å². The molecule has 0 saturated heterocycles. The first-order valence-electron chi connectivity index (χ1n) is 9.98. The van der Waals surface area contributed by atoms with Crippen molar-refractivity contribution in [1.82, 2.24) is 0 Å². The van der Waals surface area contributed by atoms with Crippen LogP contribution < -0.4 is 9.47 Å². The van der Waals surface area contributed by atoms with Crippen LogP contribution in [-0.2, 0) is 6.61 Å². The summed E-state index contributed by atoms with van der Waals surface area (Å²) in [5.74, 6) is 2.61. The minimum atomic E-state index is 0.541. The van der Waals surface area contributed by atoms with Gasteiger partial charge in [-0.2, -0.15) is 0 Å². The zero-order chi connectivity index (χ0) is 21.0. The van der Waals surface area contributed by atoms with Crippen LogP contribution in [0, 0.1) is 3.57 Å². The summed E-state index contributed by atoms with van der Waals surface area (Å²) in [7, 11) is 0. The first-order chi connectivity index (χ1) is 15.3. The van der Waals surface area contributed by atoms with Crippen molar-refractivity contribution in [1.29, 1.82) is 0 Å². The summed E-state index contributed by atoms with van der Waals surface area (Å²) >= 11 is 4.06. The molecule has 31 heavy (non-hydrogen) atoms. The van der Waals surface area contributed by atoms with Crippen molar-refractivity contribution in [3.8, 4) is 11.5 Å². The first-order valence-corrected chi connectivity index (χ1v) is 11.9. The lowest BCUT2D eigenvalue weighted by Crippen LogP contribution is -2.04. The van der Waals surface area contributed by atoms with Gasteiger partial charge in [0.25, 0.3) is 0 Å². The quantitative estimate of drug-likeness (QED) is 0.243. The van der Waals surface area contributed by atoms with Gasteiger partial charge in [0.2, 0.25) is 0 Å². The number of para-hydroxylation sites is 1. The summed E-state index contributed by atoms with van der Waals surface area (Å²) < 4.78 is 13.7. The van der Waals surface area contributed by atoms with Crippen molar-refractivity contribution >= 4 is 45.0 Å². The van der Waals surface area contributed by atoms with Gasteiger partial charge in [-0.1, -0.05) is 78.5 Å². The van der Waals surface area contributed by atoms with Gasteiger partial charge in [0, 0.05) is 9.13 Å². The fraction of sp³-hybridized carbons (Fsp3) is 0.0370. The Morgan fingerprint density at radius 3 is 2.35 bits per heavy atom. The van der Waals surface area contributed by atoms with Crippen LogP contribution in [0.3, 0.4) is 0 Å². The van der Waals surface area contributed by atoms with E-state index in [1.165, 1.54) is 3.57 Å². The highest BCUT2D eigenvalue weighted by molar-refractivity contribution is 14.1. The van der Waals surface area contributed by atoms with Crippen LogP contribution in [0.4, 0.5) is 0 Å². The average Bonchev–Trinajstić information content (AvgIpc) is 2.83. The van der Waals surface area contributed by atoms with Gasteiger partial charge < -0.3 is 9.47 Å². The third-order valence-corrected chi connectivity index (χ3v) is 6.83. The molecule has 152 valence electrons. The van der Waals surface area contributed by atoms with Gasteiger partial charge in [-0.3, -0.25) is 0 Å². The van der Waals surface area contributed by atoms with E-state index in [-0.39, 0.29) is 0 Å². The minimum Gasteiger partial charge on any atom is -0.489 e. The molecule has 0 fully saturated rings. The number of fused-ring (bicyclic) bond motifs is 1. The van der Waals surface area contributed by atoms with E-state index in [1.54, 1.807) is 11.8 Å². The molecule has 0 atom stereocenters. The lowest BCUT2D eigenvalue weighted by Gasteiger charge is -2.23. The molecule has 4 aromatic carbocycles. The molecule has 0 aliphatic carbocycles. The number of ether oxygens (including phenoxy) is 2. The number of thioether (sulfide) groups is 1. The zero-order valence-corrected chi connectivity index (χ0v) is 19.6. The molecule has 5 rings (SSSR count). The molecule has 1 aliphatic rings. The Morgan fingerprint density at radius 2 is 1.52 bits per heavy atom. The minimum absolute atomic E-state index is 0.541. The molecule has 0 unspecified atom stereocenters. The Bertz CT molecular complexity index is 1230. The summed E-state index contributed by atoms with van der Waals surface area (Å²) in [5, 5.41) is 0. The number of halogens is 1. The summed E-state index contributed by atoms with van der Waals surface area (Å²) in [6.45, 7) is 0.541. The second-order valence-corrected chi connectivity index (χ2v) is 9.42. The molecule has 0 spiro atoms. The van der Waals surface area contributed by atoms with Crippen molar-refractivity contribution in [2.45, 2.75) is 11.5 Å². The molecule has 0 bridgehead atoms. The van der Waals surface area contributed by atoms with Crippen molar-refractivity contribution in [3.05, 3.63) is 123 Å². The number of rotatable bonds is 5. The van der Waals surface area contributed by atoms with Crippen molar-refractivity contribution < 1.29 is 9.47 Å². The van der Waals surface area contributed by atoms with Gasteiger partial charge in [0.15, 0.2) is 0 Å². The molecule has 0 saturated carbocycles. The highest BCUT2D eigenvalue weighted by Crippen LogP contribution is 2.49. The maximum Gasteiger partial charge on any atom is 0.149 e. The van der Waals surface area contributed by atoms with Crippen LogP contribution in [0.1, 0.15) is 16.7 Å². The fourth-order valence-electron chi connectivity index (χ4n) is 3.38. The van der Waals surface area contributed by atoms with Gasteiger partial charge in [-0.15, -0.1) is 0 Å². The highest BCUT2D eigenvalue weighted by Gasteiger charge is 2.23. The molecular formula is C27H19IO2S. The van der Waals surface area contributed by atoms with Crippen LogP contribution in [0.5, 0.6) is 11.5 Å². The second kappa shape index (κ2) is 9.20. The van der Waals surface area contributed by atoms with E-state index in [2.05, 4.69) is 77.2 Å². The van der Waals surface area contributed by atoms with Gasteiger partial charge in [0.05, 0.1) is 9.80 Å². The SMILES string of the molecule is Ic1ccc(C2=C(c3cccc(OCc4ccccc4)c3)Sc3ccccc3O2)cc1. The Morgan fingerprint density at radius 1 is 0.742 bits per heavy atom. The maximum absolute atomic E-state index is 6.41. The van der Waals surface area contributed by atoms with Crippen LogP contribution in [0.15, 0.2) is 108 Å². The monoisotopic (exact) mass is 534 g/mol. The molecule has 0 aromatic heterocycles. The van der Waals surface area contributed by atoms with Gasteiger partial charge in [0.1, 0.15) is 23.9 Å². The van der Waals surface area contributed by atoms with Gasteiger partial charge in [-0.25, -0.2) is 0 Å².